The number of carbonyl (C=O) groups is 2. The number of carbonyl (C=O) groups excluding carboxylic acids is 2. The zero-order chi connectivity index (χ0) is 16.2. The molecule has 2 fully saturated rings. The second kappa shape index (κ2) is 7.32. The lowest BCUT2D eigenvalue weighted by Gasteiger charge is -2.32. The molecule has 3 rings (SSSR count). The molecule has 1 aromatic rings. The predicted octanol–water partition coefficient (Wildman–Crippen LogP) is 2.70. The van der Waals surface area contributed by atoms with Crippen LogP contribution in [0.5, 0.6) is 0 Å². The number of nitrogens with one attached hydrogen (secondary N) is 1. The summed E-state index contributed by atoms with van der Waals surface area (Å²) in [5.74, 6) is 0.0369. The minimum Gasteiger partial charge on any atom is -0.368 e. The van der Waals surface area contributed by atoms with E-state index in [4.69, 9.17) is 16.3 Å². The summed E-state index contributed by atoms with van der Waals surface area (Å²) in [5, 5.41) is 3.55. The molecule has 2 saturated heterocycles. The van der Waals surface area contributed by atoms with Gasteiger partial charge in [0.05, 0.1) is 0 Å². The first-order chi connectivity index (χ1) is 11.1. The first-order valence-corrected chi connectivity index (χ1v) is 8.48. The van der Waals surface area contributed by atoms with Crippen molar-refractivity contribution in [1.82, 2.24) is 4.90 Å². The van der Waals surface area contributed by atoms with Gasteiger partial charge in [-0.3, -0.25) is 9.59 Å². The summed E-state index contributed by atoms with van der Waals surface area (Å²) in [4.78, 5) is 26.4. The molecule has 2 aliphatic rings. The van der Waals surface area contributed by atoms with E-state index in [1.165, 1.54) is 0 Å². The third kappa shape index (κ3) is 4.03. The topological polar surface area (TPSA) is 58.6 Å². The number of piperidine rings is 1. The molecular weight excluding hydrogens is 316 g/mol. The molecule has 0 aliphatic carbocycles. The maximum absolute atomic E-state index is 12.3. The van der Waals surface area contributed by atoms with Crippen LogP contribution in [-0.4, -0.2) is 42.5 Å². The fourth-order valence-corrected chi connectivity index (χ4v) is 3.24. The largest absolute Gasteiger partial charge is 0.368 e. The van der Waals surface area contributed by atoms with Gasteiger partial charge < -0.3 is 15.0 Å². The average Bonchev–Trinajstić information content (AvgIpc) is 3.11. The minimum atomic E-state index is -0.269. The number of rotatable bonds is 3. The van der Waals surface area contributed by atoms with Crippen LogP contribution in [0.2, 0.25) is 5.02 Å². The van der Waals surface area contributed by atoms with Crippen molar-refractivity contribution in [3.05, 3.63) is 29.3 Å². The molecule has 1 N–H and O–H groups in total. The number of ether oxygens (including phenoxy) is 1. The zero-order valence-corrected chi connectivity index (χ0v) is 13.7. The fraction of sp³-hybridized carbons (Fsp3) is 0.529. The van der Waals surface area contributed by atoms with E-state index in [1.54, 1.807) is 24.3 Å². The lowest BCUT2D eigenvalue weighted by atomic mass is 9.95. The molecule has 2 amide bonds. The summed E-state index contributed by atoms with van der Waals surface area (Å²) >= 11 is 5.84. The molecular formula is C17H21ClN2O3. The standard InChI is InChI=1S/C17H21ClN2O3/c18-13-3-5-14(6-4-13)19-16(21)12-7-9-20(10-8-12)17(22)15-2-1-11-23-15/h3-6,12,15H,1-2,7-11H2,(H,19,21). The van der Waals surface area contributed by atoms with Gasteiger partial charge in [0.25, 0.3) is 5.91 Å². The third-order valence-electron chi connectivity index (χ3n) is 4.49. The van der Waals surface area contributed by atoms with Crippen LogP contribution in [0.25, 0.3) is 0 Å². The van der Waals surface area contributed by atoms with E-state index in [0.717, 1.165) is 18.5 Å². The molecule has 124 valence electrons. The second-order valence-electron chi connectivity index (χ2n) is 6.10. The van der Waals surface area contributed by atoms with Crippen LogP contribution in [0.1, 0.15) is 25.7 Å². The fourth-order valence-electron chi connectivity index (χ4n) is 3.12. The molecule has 6 heteroatoms. The molecule has 1 unspecified atom stereocenters. The SMILES string of the molecule is O=C(Nc1ccc(Cl)cc1)C1CCN(C(=O)C2CCCO2)CC1. The summed E-state index contributed by atoms with van der Waals surface area (Å²) < 4.78 is 5.45. The predicted molar refractivity (Wildman–Crippen MR) is 88.4 cm³/mol. The monoisotopic (exact) mass is 336 g/mol. The van der Waals surface area contributed by atoms with Crippen LogP contribution in [0.4, 0.5) is 5.69 Å². The number of hydrogen-bond acceptors (Lipinski definition) is 3. The van der Waals surface area contributed by atoms with Gasteiger partial charge in [0, 0.05) is 36.3 Å². The van der Waals surface area contributed by atoms with E-state index in [0.29, 0.717) is 37.6 Å². The Balaban J connectivity index is 1.49. The van der Waals surface area contributed by atoms with Crippen molar-refractivity contribution in [1.29, 1.82) is 0 Å². The van der Waals surface area contributed by atoms with Crippen molar-refractivity contribution >= 4 is 29.1 Å². The number of halogens is 1. The summed E-state index contributed by atoms with van der Waals surface area (Å²) in [5.41, 5.74) is 0.747. The number of benzene rings is 1. The smallest absolute Gasteiger partial charge is 0.251 e. The van der Waals surface area contributed by atoms with Gasteiger partial charge >= 0.3 is 0 Å². The van der Waals surface area contributed by atoms with Gasteiger partial charge in [-0.2, -0.15) is 0 Å². The highest BCUT2D eigenvalue weighted by Gasteiger charge is 2.32. The van der Waals surface area contributed by atoms with E-state index >= 15 is 0 Å². The maximum atomic E-state index is 12.3. The van der Waals surface area contributed by atoms with Gasteiger partial charge in [-0.25, -0.2) is 0 Å². The van der Waals surface area contributed by atoms with Gasteiger partial charge in [-0.15, -0.1) is 0 Å². The van der Waals surface area contributed by atoms with Gasteiger partial charge in [0.15, 0.2) is 0 Å². The number of likely N-dealkylation sites (tertiary alicyclic amines) is 1. The Morgan fingerprint density at radius 1 is 1.13 bits per heavy atom. The van der Waals surface area contributed by atoms with E-state index in [2.05, 4.69) is 5.32 Å². The van der Waals surface area contributed by atoms with Crippen LogP contribution in [-0.2, 0) is 14.3 Å². The lowest BCUT2D eigenvalue weighted by molar-refractivity contribution is -0.143. The van der Waals surface area contributed by atoms with Crippen LogP contribution in [0.15, 0.2) is 24.3 Å². The van der Waals surface area contributed by atoms with Crippen LogP contribution in [0, 0.1) is 5.92 Å². The normalized spacial score (nSPS) is 22.1. The second-order valence-corrected chi connectivity index (χ2v) is 6.53. The molecule has 23 heavy (non-hydrogen) atoms. The van der Waals surface area contributed by atoms with E-state index in [1.807, 2.05) is 4.90 Å². The van der Waals surface area contributed by atoms with Gasteiger partial charge in [-0.1, -0.05) is 11.6 Å². The number of anilines is 1. The summed E-state index contributed by atoms with van der Waals surface area (Å²) in [7, 11) is 0. The van der Waals surface area contributed by atoms with Crippen LogP contribution >= 0.6 is 11.6 Å². The van der Waals surface area contributed by atoms with Gasteiger partial charge in [0.2, 0.25) is 5.91 Å². The highest BCUT2D eigenvalue weighted by molar-refractivity contribution is 6.30. The molecule has 0 aromatic heterocycles. The molecule has 0 radical (unpaired) electrons. The van der Waals surface area contributed by atoms with Crippen molar-refractivity contribution in [2.24, 2.45) is 5.92 Å². The Kier molecular flexibility index (Phi) is 5.18. The summed E-state index contributed by atoms with van der Waals surface area (Å²) in [6.45, 7) is 1.92. The average molecular weight is 337 g/mol. The number of amides is 2. The number of nitrogens with zero attached hydrogens (tertiary/aromatic N) is 1. The van der Waals surface area contributed by atoms with Crippen molar-refractivity contribution in [2.45, 2.75) is 31.8 Å². The Bertz CT molecular complexity index is 562. The van der Waals surface area contributed by atoms with Crippen LogP contribution < -0.4 is 5.32 Å². The maximum Gasteiger partial charge on any atom is 0.251 e. The highest BCUT2D eigenvalue weighted by Crippen LogP contribution is 2.23. The quantitative estimate of drug-likeness (QED) is 0.923. The Labute approximate surface area is 140 Å². The molecule has 1 atom stereocenters. The van der Waals surface area contributed by atoms with Crippen molar-refractivity contribution in [2.75, 3.05) is 25.0 Å². The van der Waals surface area contributed by atoms with E-state index in [-0.39, 0.29) is 23.8 Å². The van der Waals surface area contributed by atoms with E-state index in [9.17, 15) is 9.59 Å². The molecule has 2 heterocycles. The van der Waals surface area contributed by atoms with Crippen molar-refractivity contribution in [3.8, 4) is 0 Å². The summed E-state index contributed by atoms with van der Waals surface area (Å²) in [6, 6.07) is 7.08. The zero-order valence-electron chi connectivity index (χ0n) is 13.0. The first kappa shape index (κ1) is 16.3. The molecule has 0 bridgehead atoms. The molecule has 0 spiro atoms. The molecule has 1 aromatic carbocycles. The van der Waals surface area contributed by atoms with Crippen molar-refractivity contribution < 1.29 is 14.3 Å². The summed E-state index contributed by atoms with van der Waals surface area (Å²) in [6.07, 6.45) is 2.89. The lowest BCUT2D eigenvalue weighted by Crippen LogP contribution is -2.45. The molecule has 2 aliphatic heterocycles. The first-order valence-electron chi connectivity index (χ1n) is 8.10. The Morgan fingerprint density at radius 3 is 2.43 bits per heavy atom. The van der Waals surface area contributed by atoms with Crippen molar-refractivity contribution in [3.63, 3.8) is 0 Å². The van der Waals surface area contributed by atoms with Gasteiger partial charge in [-0.05, 0) is 49.9 Å². The number of hydrogen-bond donors (Lipinski definition) is 1. The van der Waals surface area contributed by atoms with Crippen LogP contribution in [0.3, 0.4) is 0 Å². The molecule has 0 saturated carbocycles. The highest BCUT2D eigenvalue weighted by atomic mass is 35.5. The minimum absolute atomic E-state index is 0.0107. The Morgan fingerprint density at radius 2 is 1.83 bits per heavy atom. The Hall–Kier alpha value is -1.59. The van der Waals surface area contributed by atoms with Gasteiger partial charge in [0.1, 0.15) is 6.10 Å². The third-order valence-corrected chi connectivity index (χ3v) is 4.75. The van der Waals surface area contributed by atoms with E-state index < -0.39 is 0 Å². The molecule has 5 nitrogen and oxygen atoms in total.